The SMILES string of the molecule is COC(=O)c1ccc(N)c(NC2(C)CCCOC2)c1. The third-order valence-electron chi connectivity index (χ3n) is 3.35. The van der Waals surface area contributed by atoms with Gasteiger partial charge in [-0.15, -0.1) is 0 Å². The van der Waals surface area contributed by atoms with Gasteiger partial charge in [-0.25, -0.2) is 4.79 Å². The molecule has 5 heteroatoms. The van der Waals surface area contributed by atoms with E-state index in [0.717, 1.165) is 25.1 Å². The van der Waals surface area contributed by atoms with Crippen LogP contribution in [0, 0.1) is 0 Å². The summed E-state index contributed by atoms with van der Waals surface area (Å²) in [4.78, 5) is 11.5. The summed E-state index contributed by atoms with van der Waals surface area (Å²) >= 11 is 0. The van der Waals surface area contributed by atoms with Crippen molar-refractivity contribution >= 4 is 17.3 Å². The van der Waals surface area contributed by atoms with Crippen molar-refractivity contribution in [1.82, 2.24) is 0 Å². The Labute approximate surface area is 113 Å². The quantitative estimate of drug-likeness (QED) is 0.645. The second-order valence-electron chi connectivity index (χ2n) is 5.14. The number of rotatable bonds is 3. The Morgan fingerprint density at radius 1 is 1.53 bits per heavy atom. The van der Waals surface area contributed by atoms with Crippen molar-refractivity contribution in [1.29, 1.82) is 0 Å². The van der Waals surface area contributed by atoms with E-state index < -0.39 is 0 Å². The van der Waals surface area contributed by atoms with Gasteiger partial charge < -0.3 is 20.5 Å². The molecule has 1 heterocycles. The third kappa shape index (κ3) is 3.17. The number of hydrogen-bond acceptors (Lipinski definition) is 5. The Hall–Kier alpha value is -1.75. The van der Waals surface area contributed by atoms with Crippen molar-refractivity contribution in [3.05, 3.63) is 23.8 Å². The third-order valence-corrected chi connectivity index (χ3v) is 3.35. The highest BCUT2D eigenvalue weighted by Crippen LogP contribution is 2.28. The van der Waals surface area contributed by atoms with Gasteiger partial charge in [0.15, 0.2) is 0 Å². The molecule has 0 spiro atoms. The van der Waals surface area contributed by atoms with Crippen LogP contribution in [0.2, 0.25) is 0 Å². The summed E-state index contributed by atoms with van der Waals surface area (Å²) in [5.74, 6) is -0.368. The van der Waals surface area contributed by atoms with Gasteiger partial charge in [-0.2, -0.15) is 0 Å². The van der Waals surface area contributed by atoms with Gasteiger partial charge in [-0.1, -0.05) is 0 Å². The van der Waals surface area contributed by atoms with Gasteiger partial charge in [-0.3, -0.25) is 0 Å². The van der Waals surface area contributed by atoms with Gasteiger partial charge in [0.25, 0.3) is 0 Å². The summed E-state index contributed by atoms with van der Waals surface area (Å²) in [6.45, 7) is 3.53. The topological polar surface area (TPSA) is 73.6 Å². The maximum Gasteiger partial charge on any atom is 0.337 e. The zero-order valence-corrected chi connectivity index (χ0v) is 11.4. The van der Waals surface area contributed by atoms with Crippen molar-refractivity contribution in [3.63, 3.8) is 0 Å². The van der Waals surface area contributed by atoms with Gasteiger partial charge in [0, 0.05) is 6.61 Å². The van der Waals surface area contributed by atoms with E-state index in [1.807, 2.05) is 0 Å². The number of nitrogens with two attached hydrogens (primary N) is 1. The fourth-order valence-electron chi connectivity index (χ4n) is 2.27. The van der Waals surface area contributed by atoms with Gasteiger partial charge in [0.2, 0.25) is 0 Å². The number of carbonyl (C=O) groups is 1. The molecule has 5 nitrogen and oxygen atoms in total. The normalized spacial score (nSPS) is 22.8. The molecule has 1 aliphatic rings. The minimum Gasteiger partial charge on any atom is -0.465 e. The Kier molecular flexibility index (Phi) is 3.95. The minimum atomic E-state index is -0.368. The highest BCUT2D eigenvalue weighted by molar-refractivity contribution is 5.92. The van der Waals surface area contributed by atoms with E-state index >= 15 is 0 Å². The first kappa shape index (κ1) is 13.7. The summed E-state index contributed by atoms with van der Waals surface area (Å²) in [5.41, 5.74) is 7.64. The van der Waals surface area contributed by atoms with Gasteiger partial charge in [0.1, 0.15) is 0 Å². The Morgan fingerprint density at radius 2 is 2.32 bits per heavy atom. The molecule has 2 rings (SSSR count). The van der Waals surface area contributed by atoms with Crippen LogP contribution in [-0.2, 0) is 9.47 Å². The lowest BCUT2D eigenvalue weighted by Crippen LogP contribution is -2.43. The molecular formula is C14H20N2O3. The van der Waals surface area contributed by atoms with E-state index in [1.165, 1.54) is 7.11 Å². The van der Waals surface area contributed by atoms with Crippen molar-refractivity contribution in [2.45, 2.75) is 25.3 Å². The lowest BCUT2D eigenvalue weighted by Gasteiger charge is -2.35. The first-order valence-corrected chi connectivity index (χ1v) is 6.38. The summed E-state index contributed by atoms with van der Waals surface area (Å²) < 4.78 is 10.2. The van der Waals surface area contributed by atoms with Crippen molar-refractivity contribution in [3.8, 4) is 0 Å². The molecule has 1 atom stereocenters. The number of esters is 1. The molecule has 104 valence electrons. The van der Waals surface area contributed by atoms with Crippen LogP contribution in [0.1, 0.15) is 30.1 Å². The predicted octanol–water partition coefficient (Wildman–Crippen LogP) is 2.04. The first-order chi connectivity index (χ1) is 9.04. The van der Waals surface area contributed by atoms with E-state index in [-0.39, 0.29) is 11.5 Å². The van der Waals surface area contributed by atoms with Crippen LogP contribution < -0.4 is 11.1 Å². The van der Waals surface area contributed by atoms with Crippen LogP contribution in [0.15, 0.2) is 18.2 Å². The average molecular weight is 264 g/mol. The van der Waals surface area contributed by atoms with Crippen LogP contribution >= 0.6 is 0 Å². The zero-order valence-electron chi connectivity index (χ0n) is 11.4. The lowest BCUT2D eigenvalue weighted by atomic mass is 9.94. The predicted molar refractivity (Wildman–Crippen MR) is 74.3 cm³/mol. The Balaban J connectivity index is 2.21. The molecule has 19 heavy (non-hydrogen) atoms. The van der Waals surface area contributed by atoms with Crippen molar-refractivity contribution < 1.29 is 14.3 Å². The van der Waals surface area contributed by atoms with E-state index in [0.29, 0.717) is 17.9 Å². The number of hydrogen-bond donors (Lipinski definition) is 2. The highest BCUT2D eigenvalue weighted by Gasteiger charge is 2.28. The minimum absolute atomic E-state index is 0.152. The van der Waals surface area contributed by atoms with E-state index in [1.54, 1.807) is 18.2 Å². The summed E-state index contributed by atoms with van der Waals surface area (Å²) in [5, 5.41) is 3.39. The Morgan fingerprint density at radius 3 is 2.95 bits per heavy atom. The van der Waals surface area contributed by atoms with Gasteiger partial charge >= 0.3 is 5.97 Å². The lowest BCUT2D eigenvalue weighted by molar-refractivity contribution is 0.0540. The molecule has 0 saturated carbocycles. The van der Waals surface area contributed by atoms with Crippen molar-refractivity contribution in [2.75, 3.05) is 31.4 Å². The molecular weight excluding hydrogens is 244 g/mol. The number of nitrogen functional groups attached to an aromatic ring is 1. The van der Waals surface area contributed by atoms with Gasteiger partial charge in [0.05, 0.1) is 36.2 Å². The molecule has 0 bridgehead atoms. The standard InChI is InChI=1S/C14H20N2O3/c1-14(6-3-7-19-9-14)16-12-8-10(13(17)18-2)4-5-11(12)15/h4-5,8,16H,3,6-7,9,15H2,1-2H3. The summed E-state index contributed by atoms with van der Waals surface area (Å²) in [7, 11) is 1.36. The van der Waals surface area contributed by atoms with Crippen LogP contribution in [-0.4, -0.2) is 31.8 Å². The zero-order chi connectivity index (χ0) is 13.9. The summed E-state index contributed by atoms with van der Waals surface area (Å²) in [6, 6.07) is 5.09. The van der Waals surface area contributed by atoms with E-state index in [4.69, 9.17) is 15.2 Å². The van der Waals surface area contributed by atoms with Crippen LogP contribution in [0.5, 0.6) is 0 Å². The monoisotopic (exact) mass is 264 g/mol. The van der Waals surface area contributed by atoms with Crippen LogP contribution in [0.4, 0.5) is 11.4 Å². The highest BCUT2D eigenvalue weighted by atomic mass is 16.5. The maximum atomic E-state index is 11.5. The van der Waals surface area contributed by atoms with Crippen LogP contribution in [0.3, 0.4) is 0 Å². The molecule has 3 N–H and O–H groups in total. The number of anilines is 2. The fraction of sp³-hybridized carbons (Fsp3) is 0.500. The van der Waals surface area contributed by atoms with E-state index in [9.17, 15) is 4.79 Å². The molecule has 1 fully saturated rings. The number of nitrogens with one attached hydrogen (secondary N) is 1. The first-order valence-electron chi connectivity index (χ1n) is 6.38. The molecule has 1 saturated heterocycles. The van der Waals surface area contributed by atoms with Crippen LogP contribution in [0.25, 0.3) is 0 Å². The maximum absolute atomic E-state index is 11.5. The van der Waals surface area contributed by atoms with Gasteiger partial charge in [-0.05, 0) is 38.0 Å². The smallest absolute Gasteiger partial charge is 0.337 e. The Bertz CT molecular complexity index is 468. The molecule has 0 aromatic heterocycles. The van der Waals surface area contributed by atoms with E-state index in [2.05, 4.69) is 12.2 Å². The molecule has 1 aromatic rings. The average Bonchev–Trinajstić information content (AvgIpc) is 2.41. The number of methoxy groups -OCH3 is 1. The fourth-order valence-corrected chi connectivity index (χ4v) is 2.27. The molecule has 1 unspecified atom stereocenters. The number of ether oxygens (including phenoxy) is 2. The molecule has 0 radical (unpaired) electrons. The largest absolute Gasteiger partial charge is 0.465 e. The second kappa shape index (κ2) is 5.48. The summed E-state index contributed by atoms with van der Waals surface area (Å²) in [6.07, 6.45) is 2.02. The molecule has 0 aliphatic carbocycles. The molecule has 1 aromatic carbocycles. The second-order valence-corrected chi connectivity index (χ2v) is 5.14. The molecule has 1 aliphatic heterocycles. The number of carbonyl (C=O) groups excluding carboxylic acids is 1. The van der Waals surface area contributed by atoms with Crippen molar-refractivity contribution in [2.24, 2.45) is 0 Å². The number of benzene rings is 1. The molecule has 0 amide bonds.